The minimum absolute atomic E-state index is 0.00648. The van der Waals surface area contributed by atoms with Crippen molar-refractivity contribution < 1.29 is 14.5 Å². The number of benzene rings is 2. The summed E-state index contributed by atoms with van der Waals surface area (Å²) >= 11 is 0. The molecule has 2 aromatic carbocycles. The zero-order valence-corrected chi connectivity index (χ0v) is 9.80. The minimum atomic E-state index is -0.580. The Hall–Kier alpha value is -2.69. The number of hydrogen-bond acceptors (Lipinski definition) is 2. The first kappa shape index (κ1) is 11.4. The fraction of sp³-hybridized carbons (Fsp3) is 0. The first-order valence-electron chi connectivity index (χ1n) is 5.69. The molecule has 3 aromatic rings. The van der Waals surface area contributed by atoms with Crippen LogP contribution in [-0.2, 0) is 0 Å². The van der Waals surface area contributed by atoms with E-state index >= 15 is 0 Å². The summed E-state index contributed by atoms with van der Waals surface area (Å²) in [5.41, 5.74) is 0.0292. The maximum Gasteiger partial charge on any atom is 0.460 e. The molecule has 0 radical (unpaired) electrons. The van der Waals surface area contributed by atoms with Crippen molar-refractivity contribution in [3.05, 3.63) is 64.7 Å². The number of hydrogen-bond donors (Lipinski definition) is 1. The molecule has 0 aliphatic heterocycles. The Morgan fingerprint density at radius 2 is 1.74 bits per heavy atom. The minimum Gasteiger partial charge on any atom is -0.446 e. The van der Waals surface area contributed by atoms with Crippen LogP contribution in [0.4, 0.5) is 4.39 Å². The smallest absolute Gasteiger partial charge is 0.446 e. The van der Waals surface area contributed by atoms with Gasteiger partial charge in [0, 0.05) is 0 Å². The van der Waals surface area contributed by atoms with E-state index in [9.17, 15) is 14.3 Å². The van der Waals surface area contributed by atoms with Crippen LogP contribution in [0.5, 0.6) is 6.01 Å². The third-order valence-electron chi connectivity index (χ3n) is 2.91. The van der Waals surface area contributed by atoms with E-state index in [0.717, 1.165) is 4.57 Å². The normalized spacial score (nSPS) is 10.8. The quantitative estimate of drug-likeness (QED) is 0.720. The number of rotatable bonds is 1. The van der Waals surface area contributed by atoms with Gasteiger partial charge >= 0.3 is 11.6 Å². The highest BCUT2D eigenvalue weighted by molar-refractivity contribution is 5.74. The molecule has 94 valence electrons. The van der Waals surface area contributed by atoms with Gasteiger partial charge in [0.2, 0.25) is 0 Å². The van der Waals surface area contributed by atoms with Crippen molar-refractivity contribution in [1.29, 1.82) is 0 Å². The fourth-order valence-corrected chi connectivity index (χ4v) is 2.03. The van der Waals surface area contributed by atoms with Crippen molar-refractivity contribution >= 4 is 10.9 Å². The van der Waals surface area contributed by atoms with Gasteiger partial charge in [-0.1, -0.05) is 24.3 Å². The number of aromatic amines is 1. The molecule has 0 spiro atoms. The second-order valence-electron chi connectivity index (χ2n) is 4.09. The maximum atomic E-state index is 13.8. The molecule has 3 rings (SSSR count). The van der Waals surface area contributed by atoms with Crippen molar-refractivity contribution in [3.8, 4) is 11.7 Å². The fourth-order valence-electron chi connectivity index (χ4n) is 2.03. The summed E-state index contributed by atoms with van der Waals surface area (Å²) in [6.07, 6.45) is 0. The number of aromatic nitrogens is 2. The van der Waals surface area contributed by atoms with Crippen LogP contribution >= 0.6 is 0 Å². The first-order chi connectivity index (χ1) is 9.18. The van der Waals surface area contributed by atoms with Crippen molar-refractivity contribution in [2.45, 2.75) is 0 Å². The lowest BCUT2D eigenvalue weighted by atomic mass is 10.2. The maximum absolute atomic E-state index is 13.8. The monoisotopic (exact) mass is 257 g/mol. The molecule has 0 aliphatic carbocycles. The standard InChI is InChI=1S/C14H9FN2O2/c15-10-6-2-4-8-12(10)17-13(18)9-5-1-3-7-11(9)16-14(17)19/h1-8H,(H,16,19)/p+1. The molecule has 0 atom stereocenters. The SMILES string of the molecule is O=c1c2ccccc2[nH+]c(O)n1-c1ccccc1F. The van der Waals surface area contributed by atoms with Gasteiger partial charge in [-0.05, 0) is 24.3 Å². The molecule has 19 heavy (non-hydrogen) atoms. The summed E-state index contributed by atoms with van der Waals surface area (Å²) in [4.78, 5) is 15.0. The molecule has 0 unspecified atom stereocenters. The molecule has 0 amide bonds. The second-order valence-corrected chi connectivity index (χ2v) is 4.09. The number of para-hydroxylation sites is 2. The molecule has 0 fully saturated rings. The summed E-state index contributed by atoms with van der Waals surface area (Å²) in [6, 6.07) is 12.1. The Bertz CT molecular complexity index is 827. The molecule has 0 bridgehead atoms. The topological polar surface area (TPSA) is 56.4 Å². The summed E-state index contributed by atoms with van der Waals surface area (Å²) in [6.45, 7) is 0. The Kier molecular flexibility index (Phi) is 2.52. The second kappa shape index (κ2) is 4.20. The van der Waals surface area contributed by atoms with Crippen LogP contribution in [0.15, 0.2) is 53.3 Å². The number of nitrogens with zero attached hydrogens (tertiary/aromatic N) is 1. The van der Waals surface area contributed by atoms with E-state index in [1.54, 1.807) is 30.3 Å². The van der Waals surface area contributed by atoms with Crippen LogP contribution in [0.25, 0.3) is 16.6 Å². The van der Waals surface area contributed by atoms with E-state index in [4.69, 9.17) is 0 Å². The summed E-state index contributed by atoms with van der Waals surface area (Å²) in [5.74, 6) is -0.580. The molecular weight excluding hydrogens is 247 g/mol. The van der Waals surface area contributed by atoms with Crippen LogP contribution in [0, 0.1) is 5.82 Å². The number of H-pyrrole nitrogens is 1. The van der Waals surface area contributed by atoms with Gasteiger partial charge in [0.15, 0.2) is 11.5 Å². The molecule has 1 aromatic heterocycles. The van der Waals surface area contributed by atoms with E-state index in [2.05, 4.69) is 4.98 Å². The zero-order chi connectivity index (χ0) is 13.4. The number of halogens is 1. The molecule has 0 aliphatic rings. The van der Waals surface area contributed by atoms with Gasteiger partial charge in [-0.25, -0.2) is 14.2 Å². The highest BCUT2D eigenvalue weighted by Crippen LogP contribution is 2.15. The largest absolute Gasteiger partial charge is 0.460 e. The molecular formula is C14H10FN2O2+. The van der Waals surface area contributed by atoms with Crippen molar-refractivity contribution in [1.82, 2.24) is 4.57 Å². The molecule has 1 heterocycles. The van der Waals surface area contributed by atoms with Crippen LogP contribution in [0.1, 0.15) is 0 Å². The summed E-state index contributed by atoms with van der Waals surface area (Å²) in [5, 5.41) is 10.3. The van der Waals surface area contributed by atoms with Gasteiger partial charge in [0.25, 0.3) is 0 Å². The Morgan fingerprint density at radius 3 is 2.53 bits per heavy atom. The Labute approximate surface area is 107 Å². The van der Waals surface area contributed by atoms with E-state index in [1.165, 1.54) is 18.2 Å². The van der Waals surface area contributed by atoms with Crippen LogP contribution < -0.4 is 10.5 Å². The highest BCUT2D eigenvalue weighted by Gasteiger charge is 2.21. The lowest BCUT2D eigenvalue weighted by Gasteiger charge is -2.02. The summed E-state index contributed by atoms with van der Waals surface area (Å²) < 4.78 is 14.7. The van der Waals surface area contributed by atoms with Gasteiger partial charge in [0.05, 0.1) is 0 Å². The van der Waals surface area contributed by atoms with E-state index in [0.29, 0.717) is 10.9 Å². The lowest BCUT2D eigenvalue weighted by Crippen LogP contribution is -2.26. The van der Waals surface area contributed by atoms with Gasteiger partial charge in [0.1, 0.15) is 10.9 Å². The molecule has 0 saturated heterocycles. The molecule has 2 N–H and O–H groups in total. The predicted molar refractivity (Wildman–Crippen MR) is 67.7 cm³/mol. The van der Waals surface area contributed by atoms with Crippen LogP contribution in [0.2, 0.25) is 0 Å². The Balaban J connectivity index is 2.43. The van der Waals surface area contributed by atoms with E-state index in [-0.39, 0.29) is 5.69 Å². The summed E-state index contributed by atoms with van der Waals surface area (Å²) in [7, 11) is 0. The third-order valence-corrected chi connectivity index (χ3v) is 2.91. The average molecular weight is 257 g/mol. The lowest BCUT2D eigenvalue weighted by molar-refractivity contribution is -0.370. The van der Waals surface area contributed by atoms with Gasteiger partial charge in [-0.15, -0.1) is 4.57 Å². The molecule has 4 nitrogen and oxygen atoms in total. The van der Waals surface area contributed by atoms with Crippen LogP contribution in [-0.4, -0.2) is 9.67 Å². The van der Waals surface area contributed by atoms with Crippen molar-refractivity contribution in [2.24, 2.45) is 0 Å². The Morgan fingerprint density at radius 1 is 1.05 bits per heavy atom. The van der Waals surface area contributed by atoms with E-state index < -0.39 is 17.4 Å². The van der Waals surface area contributed by atoms with Crippen LogP contribution in [0.3, 0.4) is 0 Å². The average Bonchev–Trinajstić information content (AvgIpc) is 2.41. The van der Waals surface area contributed by atoms with Gasteiger partial charge in [-0.3, -0.25) is 0 Å². The van der Waals surface area contributed by atoms with Crippen molar-refractivity contribution in [2.75, 3.05) is 0 Å². The first-order valence-corrected chi connectivity index (χ1v) is 5.69. The van der Waals surface area contributed by atoms with Crippen molar-refractivity contribution in [3.63, 3.8) is 0 Å². The van der Waals surface area contributed by atoms with Gasteiger partial charge < -0.3 is 5.11 Å². The molecule has 0 saturated carbocycles. The van der Waals surface area contributed by atoms with Gasteiger partial charge in [-0.2, -0.15) is 0 Å². The van der Waals surface area contributed by atoms with E-state index in [1.807, 2.05) is 0 Å². The predicted octanol–water partition coefficient (Wildman–Crippen LogP) is 1.65. The number of nitrogens with one attached hydrogen (secondary N) is 1. The number of aromatic hydroxyl groups is 1. The highest BCUT2D eigenvalue weighted by atomic mass is 19.1. The third kappa shape index (κ3) is 1.76. The zero-order valence-electron chi connectivity index (χ0n) is 9.80. The molecule has 5 heteroatoms. The number of fused-ring (bicyclic) bond motifs is 1.